The molecular formula is C19H16F3N5O2. The van der Waals surface area contributed by atoms with Crippen LogP contribution in [-0.4, -0.2) is 32.8 Å². The summed E-state index contributed by atoms with van der Waals surface area (Å²) in [5, 5.41) is 7.15. The van der Waals surface area contributed by atoms with E-state index in [1.54, 1.807) is 12.4 Å². The second kappa shape index (κ2) is 7.53. The van der Waals surface area contributed by atoms with Gasteiger partial charge in [0.25, 0.3) is 6.43 Å². The first-order valence-electron chi connectivity index (χ1n) is 8.80. The number of benzene rings is 1. The van der Waals surface area contributed by atoms with Gasteiger partial charge in [-0.3, -0.25) is 4.68 Å². The Hall–Kier alpha value is -3.43. The van der Waals surface area contributed by atoms with Crippen molar-refractivity contribution in [3.05, 3.63) is 53.7 Å². The van der Waals surface area contributed by atoms with Crippen LogP contribution in [0.1, 0.15) is 41.2 Å². The van der Waals surface area contributed by atoms with Gasteiger partial charge in [0.2, 0.25) is 5.95 Å². The number of esters is 1. The molecule has 1 aliphatic rings. The Kier molecular flexibility index (Phi) is 4.91. The highest BCUT2D eigenvalue weighted by atomic mass is 19.3. The summed E-state index contributed by atoms with van der Waals surface area (Å²) in [4.78, 5) is 19.6. The zero-order valence-electron chi connectivity index (χ0n) is 15.3. The van der Waals surface area contributed by atoms with Crippen LogP contribution in [-0.2, 0) is 4.74 Å². The summed E-state index contributed by atoms with van der Waals surface area (Å²) in [6, 6.07) is 3.86. The van der Waals surface area contributed by atoms with Crippen molar-refractivity contribution in [3.63, 3.8) is 0 Å². The van der Waals surface area contributed by atoms with E-state index in [1.807, 2.05) is 4.68 Å². The van der Waals surface area contributed by atoms with E-state index in [1.165, 1.54) is 12.1 Å². The number of methoxy groups -OCH3 is 1. The Morgan fingerprint density at radius 3 is 2.76 bits per heavy atom. The molecule has 10 heteroatoms. The molecule has 0 spiro atoms. The Morgan fingerprint density at radius 2 is 2.10 bits per heavy atom. The van der Waals surface area contributed by atoms with Gasteiger partial charge in [-0.1, -0.05) is 6.07 Å². The quantitative estimate of drug-likeness (QED) is 0.619. The number of alkyl halides is 2. The lowest BCUT2D eigenvalue weighted by Gasteiger charge is -2.11. The minimum absolute atomic E-state index is 0.0669. The molecule has 2 aromatic heterocycles. The Balaban J connectivity index is 1.68. The van der Waals surface area contributed by atoms with Gasteiger partial charge in [-0.2, -0.15) is 5.10 Å². The molecule has 1 aromatic carbocycles. The van der Waals surface area contributed by atoms with E-state index >= 15 is 0 Å². The summed E-state index contributed by atoms with van der Waals surface area (Å²) in [5.41, 5.74) is -0.184. The van der Waals surface area contributed by atoms with E-state index in [4.69, 9.17) is 0 Å². The molecule has 0 bridgehead atoms. The van der Waals surface area contributed by atoms with Gasteiger partial charge in [-0.15, -0.1) is 0 Å². The fourth-order valence-corrected chi connectivity index (χ4v) is 2.85. The van der Waals surface area contributed by atoms with Gasteiger partial charge in [-0.05, 0) is 25.0 Å². The number of nitrogens with zero attached hydrogens (tertiary/aromatic N) is 4. The number of carbonyl (C=O) groups excluding carboxylic acids is 1. The molecule has 3 aromatic rings. The van der Waals surface area contributed by atoms with Gasteiger partial charge in [0.1, 0.15) is 5.82 Å². The molecule has 0 saturated heterocycles. The number of aromatic nitrogens is 4. The number of ether oxygens (including phenoxy) is 1. The van der Waals surface area contributed by atoms with Crippen molar-refractivity contribution in [1.82, 2.24) is 19.7 Å². The first-order chi connectivity index (χ1) is 14.0. The molecule has 150 valence electrons. The average molecular weight is 403 g/mol. The van der Waals surface area contributed by atoms with Crippen LogP contribution in [0, 0.1) is 5.82 Å². The summed E-state index contributed by atoms with van der Waals surface area (Å²) in [6.45, 7) is 0. The van der Waals surface area contributed by atoms with Gasteiger partial charge in [-0.25, -0.2) is 27.9 Å². The van der Waals surface area contributed by atoms with Crippen LogP contribution < -0.4 is 5.32 Å². The molecule has 7 nitrogen and oxygen atoms in total. The molecule has 4 rings (SSSR count). The third kappa shape index (κ3) is 3.91. The molecule has 1 N–H and O–H groups in total. The summed E-state index contributed by atoms with van der Waals surface area (Å²) < 4.78 is 47.5. The van der Waals surface area contributed by atoms with Crippen LogP contribution in [0.25, 0.3) is 11.3 Å². The monoisotopic (exact) mass is 403 g/mol. The number of rotatable bonds is 6. The zero-order valence-corrected chi connectivity index (χ0v) is 15.3. The summed E-state index contributed by atoms with van der Waals surface area (Å²) in [5.74, 6) is -1.69. The van der Waals surface area contributed by atoms with E-state index < -0.39 is 23.8 Å². The Morgan fingerprint density at radius 1 is 1.31 bits per heavy atom. The first-order valence-corrected chi connectivity index (χ1v) is 8.80. The molecule has 0 radical (unpaired) electrons. The highest BCUT2D eigenvalue weighted by Crippen LogP contribution is 2.35. The topological polar surface area (TPSA) is 81.9 Å². The Bertz CT molecular complexity index is 1070. The number of carbonyl (C=O) groups is 1. The molecule has 1 fully saturated rings. The number of hydrogen-bond donors (Lipinski definition) is 1. The van der Waals surface area contributed by atoms with Gasteiger partial charge in [0, 0.05) is 18.0 Å². The lowest BCUT2D eigenvalue weighted by atomic mass is 10.0. The summed E-state index contributed by atoms with van der Waals surface area (Å²) in [6.07, 6.45) is 3.64. The molecule has 0 atom stereocenters. The highest BCUT2D eigenvalue weighted by molar-refractivity contribution is 5.90. The van der Waals surface area contributed by atoms with E-state index in [9.17, 15) is 18.0 Å². The van der Waals surface area contributed by atoms with Crippen LogP contribution >= 0.6 is 0 Å². The highest BCUT2D eigenvalue weighted by Gasteiger charge is 2.24. The third-order valence-corrected chi connectivity index (χ3v) is 4.48. The van der Waals surface area contributed by atoms with Crippen molar-refractivity contribution in [1.29, 1.82) is 0 Å². The van der Waals surface area contributed by atoms with Crippen molar-refractivity contribution in [2.24, 2.45) is 0 Å². The average Bonchev–Trinajstić information content (AvgIpc) is 3.46. The summed E-state index contributed by atoms with van der Waals surface area (Å²) >= 11 is 0. The molecule has 29 heavy (non-hydrogen) atoms. The van der Waals surface area contributed by atoms with Gasteiger partial charge < -0.3 is 10.1 Å². The van der Waals surface area contributed by atoms with Gasteiger partial charge >= 0.3 is 5.97 Å². The maximum Gasteiger partial charge on any atom is 0.340 e. The van der Waals surface area contributed by atoms with Crippen LogP contribution in [0.5, 0.6) is 0 Å². The molecule has 2 heterocycles. The van der Waals surface area contributed by atoms with Gasteiger partial charge in [0.05, 0.1) is 41.9 Å². The molecule has 0 unspecified atom stereocenters. The van der Waals surface area contributed by atoms with Crippen molar-refractivity contribution in [3.8, 4) is 11.3 Å². The first kappa shape index (κ1) is 18.9. The largest absolute Gasteiger partial charge is 0.465 e. The lowest BCUT2D eigenvalue weighted by Crippen LogP contribution is -2.06. The predicted molar refractivity (Wildman–Crippen MR) is 97.5 cm³/mol. The molecule has 0 amide bonds. The van der Waals surface area contributed by atoms with Crippen LogP contribution in [0.4, 0.5) is 24.8 Å². The lowest BCUT2D eigenvalue weighted by molar-refractivity contribution is 0.0595. The van der Waals surface area contributed by atoms with Crippen molar-refractivity contribution < 1.29 is 22.7 Å². The standard InChI is InChI=1S/C19H16F3N5O2/c1-29-18(28)13-5-2-10(6-15(13)20)16-14(17(21)22)8-23-19(26-16)25-11-7-24-27(9-11)12-3-4-12/h2,5-9,12,17H,3-4H2,1H3,(H,23,25,26). The Labute approximate surface area is 163 Å². The van der Waals surface area contributed by atoms with E-state index in [0.717, 1.165) is 32.2 Å². The van der Waals surface area contributed by atoms with Crippen LogP contribution in [0.3, 0.4) is 0 Å². The van der Waals surface area contributed by atoms with Crippen molar-refractivity contribution in [2.75, 3.05) is 12.4 Å². The van der Waals surface area contributed by atoms with E-state index in [2.05, 4.69) is 25.1 Å². The zero-order chi connectivity index (χ0) is 20.5. The molecule has 0 aliphatic heterocycles. The van der Waals surface area contributed by atoms with Crippen LogP contribution in [0.2, 0.25) is 0 Å². The maximum atomic E-state index is 14.3. The fourth-order valence-electron chi connectivity index (χ4n) is 2.85. The third-order valence-electron chi connectivity index (χ3n) is 4.48. The smallest absolute Gasteiger partial charge is 0.340 e. The number of halogens is 3. The summed E-state index contributed by atoms with van der Waals surface area (Å²) in [7, 11) is 1.12. The van der Waals surface area contributed by atoms with E-state index in [0.29, 0.717) is 11.7 Å². The minimum atomic E-state index is -2.86. The second-order valence-electron chi connectivity index (χ2n) is 6.55. The fraction of sp³-hybridized carbons (Fsp3) is 0.263. The SMILES string of the molecule is COC(=O)c1ccc(-c2nc(Nc3cnn(C4CC4)c3)ncc2C(F)F)cc1F. The van der Waals surface area contributed by atoms with Gasteiger partial charge in [0.15, 0.2) is 0 Å². The number of hydrogen-bond acceptors (Lipinski definition) is 6. The number of anilines is 2. The molecule has 1 saturated carbocycles. The molecular weight excluding hydrogens is 387 g/mol. The number of nitrogens with one attached hydrogen (secondary N) is 1. The maximum absolute atomic E-state index is 14.3. The van der Waals surface area contributed by atoms with Crippen molar-refractivity contribution in [2.45, 2.75) is 25.3 Å². The van der Waals surface area contributed by atoms with Crippen molar-refractivity contribution >= 4 is 17.6 Å². The second-order valence-corrected chi connectivity index (χ2v) is 6.55. The molecule has 1 aliphatic carbocycles. The minimum Gasteiger partial charge on any atom is -0.465 e. The predicted octanol–water partition coefficient (Wildman–Crippen LogP) is 4.28. The normalized spacial score (nSPS) is 13.6. The van der Waals surface area contributed by atoms with Crippen LogP contribution in [0.15, 0.2) is 36.8 Å². The van der Waals surface area contributed by atoms with E-state index in [-0.39, 0.29) is 22.8 Å².